The van der Waals surface area contributed by atoms with Crippen LogP contribution in [0.1, 0.15) is 5.69 Å². The van der Waals surface area contributed by atoms with Gasteiger partial charge in [-0.1, -0.05) is 0 Å². The molecule has 1 fully saturated rings. The van der Waals surface area contributed by atoms with Crippen LogP contribution in [-0.4, -0.2) is 36.3 Å². The smallest absolute Gasteiger partial charge is 0.227 e. The van der Waals surface area contributed by atoms with Crippen LogP contribution in [0.15, 0.2) is 30.3 Å². The van der Waals surface area contributed by atoms with E-state index in [9.17, 15) is 4.39 Å². The minimum atomic E-state index is -0.304. The van der Waals surface area contributed by atoms with Crippen LogP contribution in [0.4, 0.5) is 10.3 Å². The quantitative estimate of drug-likeness (QED) is 0.844. The minimum absolute atomic E-state index is 0.297. The minimum Gasteiger partial charge on any atom is -0.378 e. The van der Waals surface area contributed by atoms with Gasteiger partial charge in [-0.2, -0.15) is 5.26 Å². The van der Waals surface area contributed by atoms with Crippen LogP contribution in [0.25, 0.3) is 11.3 Å². The number of nitriles is 1. The molecule has 1 aliphatic rings. The molecule has 106 valence electrons. The molecule has 5 nitrogen and oxygen atoms in total. The number of ether oxygens (including phenoxy) is 1. The average molecular weight is 284 g/mol. The van der Waals surface area contributed by atoms with Gasteiger partial charge in [0.15, 0.2) is 0 Å². The highest BCUT2D eigenvalue weighted by Gasteiger charge is 2.16. The number of nitrogens with zero attached hydrogens (tertiary/aromatic N) is 4. The molecule has 2 heterocycles. The van der Waals surface area contributed by atoms with Crippen molar-refractivity contribution in [2.24, 2.45) is 0 Å². The zero-order valence-electron chi connectivity index (χ0n) is 11.3. The lowest BCUT2D eigenvalue weighted by atomic mass is 10.1. The zero-order valence-corrected chi connectivity index (χ0v) is 11.3. The summed E-state index contributed by atoms with van der Waals surface area (Å²) in [4.78, 5) is 10.7. The number of halogens is 1. The fourth-order valence-electron chi connectivity index (χ4n) is 2.17. The Kier molecular flexibility index (Phi) is 3.75. The van der Waals surface area contributed by atoms with Gasteiger partial charge >= 0.3 is 0 Å². The summed E-state index contributed by atoms with van der Waals surface area (Å²) in [7, 11) is 0. The summed E-state index contributed by atoms with van der Waals surface area (Å²) in [6, 6.07) is 9.68. The molecule has 0 unspecified atom stereocenters. The summed E-state index contributed by atoms with van der Waals surface area (Å²) in [6.07, 6.45) is 0. The SMILES string of the molecule is N#Cc1cc(-c2ccc(F)cc2)nc(N2CCOCC2)n1. The van der Waals surface area contributed by atoms with Gasteiger partial charge in [0.2, 0.25) is 5.95 Å². The highest BCUT2D eigenvalue weighted by molar-refractivity contribution is 5.62. The van der Waals surface area contributed by atoms with Crippen LogP contribution in [0.2, 0.25) is 0 Å². The van der Waals surface area contributed by atoms with E-state index in [1.54, 1.807) is 18.2 Å². The lowest BCUT2D eigenvalue weighted by Gasteiger charge is -2.27. The molecule has 21 heavy (non-hydrogen) atoms. The number of benzene rings is 1. The fourth-order valence-corrected chi connectivity index (χ4v) is 2.17. The summed E-state index contributed by atoms with van der Waals surface area (Å²) >= 11 is 0. The molecule has 0 bridgehead atoms. The molecule has 1 aromatic carbocycles. The Morgan fingerprint density at radius 3 is 2.52 bits per heavy atom. The van der Waals surface area contributed by atoms with E-state index >= 15 is 0 Å². The van der Waals surface area contributed by atoms with E-state index in [0.29, 0.717) is 43.6 Å². The van der Waals surface area contributed by atoms with Crippen molar-refractivity contribution >= 4 is 5.95 Å². The second kappa shape index (κ2) is 5.85. The lowest BCUT2D eigenvalue weighted by Crippen LogP contribution is -2.37. The van der Waals surface area contributed by atoms with Crippen LogP contribution in [0, 0.1) is 17.1 Å². The Hall–Kier alpha value is -2.52. The van der Waals surface area contributed by atoms with Gasteiger partial charge < -0.3 is 9.64 Å². The molecule has 1 aromatic heterocycles. The number of aromatic nitrogens is 2. The number of hydrogen-bond acceptors (Lipinski definition) is 5. The number of rotatable bonds is 2. The molecule has 0 atom stereocenters. The molecule has 0 radical (unpaired) electrons. The molecule has 0 amide bonds. The second-order valence-corrected chi connectivity index (χ2v) is 4.66. The van der Waals surface area contributed by atoms with Crippen LogP contribution in [0.3, 0.4) is 0 Å². The second-order valence-electron chi connectivity index (χ2n) is 4.66. The van der Waals surface area contributed by atoms with Crippen LogP contribution in [0.5, 0.6) is 0 Å². The Morgan fingerprint density at radius 2 is 1.86 bits per heavy atom. The van der Waals surface area contributed by atoms with E-state index in [-0.39, 0.29) is 5.82 Å². The van der Waals surface area contributed by atoms with E-state index in [4.69, 9.17) is 10.00 Å². The number of morpholine rings is 1. The molecular weight excluding hydrogens is 271 g/mol. The molecule has 1 aliphatic heterocycles. The summed E-state index contributed by atoms with van der Waals surface area (Å²) in [5, 5.41) is 9.13. The molecule has 3 rings (SSSR count). The maximum Gasteiger partial charge on any atom is 0.227 e. The predicted molar refractivity (Wildman–Crippen MR) is 75.2 cm³/mol. The lowest BCUT2D eigenvalue weighted by molar-refractivity contribution is 0.122. The van der Waals surface area contributed by atoms with Crippen LogP contribution in [-0.2, 0) is 4.74 Å². The molecule has 0 N–H and O–H groups in total. The van der Waals surface area contributed by atoms with Crippen molar-refractivity contribution < 1.29 is 9.13 Å². The first-order valence-electron chi connectivity index (χ1n) is 6.64. The maximum atomic E-state index is 13.0. The van der Waals surface area contributed by atoms with Gasteiger partial charge in [0.05, 0.1) is 18.9 Å². The van der Waals surface area contributed by atoms with Gasteiger partial charge in [0.25, 0.3) is 0 Å². The zero-order chi connectivity index (χ0) is 14.7. The van der Waals surface area contributed by atoms with Gasteiger partial charge in [0.1, 0.15) is 17.6 Å². The van der Waals surface area contributed by atoms with Crippen molar-refractivity contribution in [2.45, 2.75) is 0 Å². The molecule has 0 aliphatic carbocycles. The van der Waals surface area contributed by atoms with E-state index < -0.39 is 0 Å². The third-order valence-electron chi connectivity index (χ3n) is 3.26. The van der Waals surface area contributed by atoms with Gasteiger partial charge in [-0.3, -0.25) is 0 Å². The van der Waals surface area contributed by atoms with Gasteiger partial charge in [-0.05, 0) is 24.3 Å². The maximum absolute atomic E-state index is 13.0. The van der Waals surface area contributed by atoms with E-state index in [1.807, 2.05) is 11.0 Å². The Balaban J connectivity index is 2.00. The van der Waals surface area contributed by atoms with Crippen molar-refractivity contribution in [2.75, 3.05) is 31.2 Å². The highest BCUT2D eigenvalue weighted by Crippen LogP contribution is 2.21. The summed E-state index contributed by atoms with van der Waals surface area (Å²) < 4.78 is 18.3. The Labute approximate surface area is 121 Å². The van der Waals surface area contributed by atoms with Crippen LogP contribution >= 0.6 is 0 Å². The topological polar surface area (TPSA) is 62.0 Å². The van der Waals surface area contributed by atoms with E-state index in [1.165, 1.54) is 12.1 Å². The molecule has 6 heteroatoms. The van der Waals surface area contributed by atoms with Crippen molar-refractivity contribution in [3.05, 3.63) is 41.8 Å². The van der Waals surface area contributed by atoms with Crippen molar-refractivity contribution in [1.29, 1.82) is 5.26 Å². The number of hydrogen-bond donors (Lipinski definition) is 0. The summed E-state index contributed by atoms with van der Waals surface area (Å²) in [5.41, 5.74) is 1.67. The van der Waals surface area contributed by atoms with E-state index in [0.717, 1.165) is 5.56 Å². The van der Waals surface area contributed by atoms with Crippen LogP contribution < -0.4 is 4.90 Å². The van der Waals surface area contributed by atoms with Crippen molar-refractivity contribution in [1.82, 2.24) is 9.97 Å². The molecule has 0 saturated carbocycles. The Morgan fingerprint density at radius 1 is 1.14 bits per heavy atom. The van der Waals surface area contributed by atoms with Gasteiger partial charge in [0, 0.05) is 24.7 Å². The molecular formula is C15H13FN4O. The predicted octanol–water partition coefficient (Wildman–Crippen LogP) is 1.99. The first kappa shape index (κ1) is 13.5. The molecule has 0 spiro atoms. The normalized spacial score (nSPS) is 14.8. The van der Waals surface area contributed by atoms with E-state index in [2.05, 4.69) is 9.97 Å². The van der Waals surface area contributed by atoms with Gasteiger partial charge in [-0.25, -0.2) is 14.4 Å². The van der Waals surface area contributed by atoms with Gasteiger partial charge in [-0.15, -0.1) is 0 Å². The molecule has 2 aromatic rings. The standard InChI is InChI=1S/C15H13FN4O/c16-12-3-1-11(2-4-12)14-9-13(10-17)18-15(19-14)20-5-7-21-8-6-20/h1-4,9H,5-8H2. The monoisotopic (exact) mass is 284 g/mol. The summed E-state index contributed by atoms with van der Waals surface area (Å²) in [5.74, 6) is 0.207. The molecule has 1 saturated heterocycles. The van der Waals surface area contributed by atoms with Crippen molar-refractivity contribution in [3.63, 3.8) is 0 Å². The third kappa shape index (κ3) is 2.98. The first-order chi connectivity index (χ1) is 10.3. The number of anilines is 1. The highest BCUT2D eigenvalue weighted by atomic mass is 19.1. The largest absolute Gasteiger partial charge is 0.378 e. The Bertz CT molecular complexity index is 675. The summed E-state index contributed by atoms with van der Waals surface area (Å²) in [6.45, 7) is 2.62. The third-order valence-corrected chi connectivity index (χ3v) is 3.26. The first-order valence-corrected chi connectivity index (χ1v) is 6.64. The van der Waals surface area contributed by atoms with Crippen molar-refractivity contribution in [3.8, 4) is 17.3 Å². The fraction of sp³-hybridized carbons (Fsp3) is 0.267. The average Bonchev–Trinajstić information content (AvgIpc) is 2.56.